The molecule has 1 heterocycles. The van der Waals surface area contributed by atoms with Gasteiger partial charge in [0.05, 0.1) is 10.2 Å². The van der Waals surface area contributed by atoms with E-state index in [9.17, 15) is 0 Å². The van der Waals surface area contributed by atoms with Crippen LogP contribution >= 0.6 is 15.9 Å². The molecule has 118 valence electrons. The van der Waals surface area contributed by atoms with E-state index in [2.05, 4.69) is 48.9 Å². The lowest BCUT2D eigenvalue weighted by atomic mass is 9.82. The van der Waals surface area contributed by atoms with Gasteiger partial charge in [-0.1, -0.05) is 40.5 Å². The van der Waals surface area contributed by atoms with Crippen molar-refractivity contribution >= 4 is 21.7 Å². The van der Waals surface area contributed by atoms with Gasteiger partial charge in [0.1, 0.15) is 11.6 Å². The van der Waals surface area contributed by atoms with Gasteiger partial charge in [0.15, 0.2) is 0 Å². The molecule has 21 heavy (non-hydrogen) atoms. The Morgan fingerprint density at radius 2 is 2.05 bits per heavy atom. The maximum Gasteiger partial charge on any atom is 0.144 e. The number of hydrogen-bond donors (Lipinski definition) is 1. The minimum atomic E-state index is 0.407. The molecule has 1 aliphatic rings. The monoisotopic (exact) mass is 353 g/mol. The van der Waals surface area contributed by atoms with Crippen molar-refractivity contribution < 1.29 is 0 Å². The van der Waals surface area contributed by atoms with Crippen molar-refractivity contribution in [3.8, 4) is 0 Å². The summed E-state index contributed by atoms with van der Waals surface area (Å²) in [4.78, 5) is 9.74. The average molecular weight is 354 g/mol. The van der Waals surface area contributed by atoms with E-state index in [-0.39, 0.29) is 0 Å². The molecule has 1 fully saturated rings. The fourth-order valence-corrected chi connectivity index (χ4v) is 3.85. The van der Waals surface area contributed by atoms with Crippen LogP contribution in [-0.2, 0) is 0 Å². The summed E-state index contributed by atoms with van der Waals surface area (Å²) in [6, 6.07) is 0. The number of nitrogens with zero attached hydrogens (tertiary/aromatic N) is 2. The van der Waals surface area contributed by atoms with Crippen LogP contribution in [0.5, 0.6) is 0 Å². The van der Waals surface area contributed by atoms with Crippen molar-refractivity contribution in [1.82, 2.24) is 9.97 Å². The van der Waals surface area contributed by atoms with E-state index >= 15 is 0 Å². The molecule has 1 saturated carbocycles. The van der Waals surface area contributed by atoms with Gasteiger partial charge in [-0.15, -0.1) is 0 Å². The number of nitrogens with one attached hydrogen (secondary N) is 1. The molecule has 1 N–H and O–H groups in total. The van der Waals surface area contributed by atoms with E-state index in [1.807, 2.05) is 0 Å². The number of halogens is 1. The van der Waals surface area contributed by atoms with Crippen molar-refractivity contribution in [3.05, 3.63) is 16.0 Å². The van der Waals surface area contributed by atoms with E-state index in [1.54, 1.807) is 0 Å². The molecule has 0 spiro atoms. The van der Waals surface area contributed by atoms with Gasteiger partial charge in [0, 0.05) is 12.5 Å². The van der Waals surface area contributed by atoms with Crippen LogP contribution in [0.25, 0.3) is 0 Å². The zero-order chi connectivity index (χ0) is 15.4. The van der Waals surface area contributed by atoms with Crippen LogP contribution in [0.3, 0.4) is 0 Å². The van der Waals surface area contributed by atoms with E-state index < -0.39 is 0 Å². The lowest BCUT2D eigenvalue weighted by Gasteiger charge is -2.27. The van der Waals surface area contributed by atoms with Crippen LogP contribution in [0.15, 0.2) is 4.47 Å². The molecule has 0 aliphatic heterocycles. The van der Waals surface area contributed by atoms with Crippen LogP contribution in [0.2, 0.25) is 0 Å². The van der Waals surface area contributed by atoms with Crippen LogP contribution < -0.4 is 5.32 Å². The molecule has 1 aromatic heterocycles. The molecule has 0 saturated heterocycles. The molecular formula is C17H28BrN3. The van der Waals surface area contributed by atoms with E-state index in [4.69, 9.17) is 9.97 Å². The molecule has 2 unspecified atom stereocenters. The molecule has 1 aromatic rings. The topological polar surface area (TPSA) is 37.8 Å². The Hall–Kier alpha value is -0.640. The fourth-order valence-electron chi connectivity index (χ4n) is 3.08. The largest absolute Gasteiger partial charge is 0.369 e. The van der Waals surface area contributed by atoms with Crippen molar-refractivity contribution in [1.29, 1.82) is 0 Å². The molecule has 1 aliphatic carbocycles. The Morgan fingerprint density at radius 3 is 2.67 bits per heavy atom. The summed E-state index contributed by atoms with van der Waals surface area (Å²) in [5.74, 6) is 3.76. The predicted octanol–water partition coefficient (Wildman–Crippen LogP) is 5.48. The van der Waals surface area contributed by atoms with Gasteiger partial charge < -0.3 is 5.32 Å². The van der Waals surface area contributed by atoms with Gasteiger partial charge in [-0.2, -0.15) is 0 Å². The van der Waals surface area contributed by atoms with Gasteiger partial charge in [-0.3, -0.25) is 0 Å². The first-order chi connectivity index (χ1) is 10.0. The third kappa shape index (κ3) is 4.18. The quantitative estimate of drug-likeness (QED) is 0.761. The predicted molar refractivity (Wildman–Crippen MR) is 93.0 cm³/mol. The maximum atomic E-state index is 4.90. The first kappa shape index (κ1) is 16.7. The number of rotatable bonds is 5. The lowest BCUT2D eigenvalue weighted by Crippen LogP contribution is -2.17. The Bertz CT molecular complexity index is 473. The third-order valence-electron chi connectivity index (χ3n) is 4.29. The van der Waals surface area contributed by atoms with Crippen molar-refractivity contribution in [2.24, 2.45) is 5.92 Å². The second-order valence-electron chi connectivity index (χ2n) is 6.68. The molecule has 2 rings (SSSR count). The lowest BCUT2D eigenvalue weighted by molar-refractivity contribution is 0.334. The Balaban J connectivity index is 2.33. The summed E-state index contributed by atoms with van der Waals surface area (Å²) in [7, 11) is 0. The van der Waals surface area contributed by atoms with Gasteiger partial charge in [-0.05, 0) is 47.0 Å². The first-order valence-electron chi connectivity index (χ1n) is 8.34. The fraction of sp³-hybridized carbons (Fsp3) is 0.765. The highest BCUT2D eigenvalue weighted by atomic mass is 79.9. The van der Waals surface area contributed by atoms with Crippen LogP contribution in [0.1, 0.15) is 83.2 Å². The van der Waals surface area contributed by atoms with Gasteiger partial charge in [0.25, 0.3) is 0 Å². The highest BCUT2D eigenvalue weighted by molar-refractivity contribution is 9.10. The molecular weight excluding hydrogens is 326 g/mol. The second kappa shape index (κ2) is 7.57. The Labute approximate surface area is 137 Å². The summed E-state index contributed by atoms with van der Waals surface area (Å²) < 4.78 is 1.04. The molecule has 0 radical (unpaired) electrons. The first-order valence-corrected chi connectivity index (χ1v) is 9.13. The molecule has 4 heteroatoms. The van der Waals surface area contributed by atoms with Crippen molar-refractivity contribution in [2.45, 2.75) is 71.6 Å². The molecule has 0 aromatic carbocycles. The second-order valence-corrected chi connectivity index (χ2v) is 7.47. The smallest absolute Gasteiger partial charge is 0.144 e. The number of hydrogen-bond acceptors (Lipinski definition) is 3. The van der Waals surface area contributed by atoms with Crippen molar-refractivity contribution in [2.75, 3.05) is 11.9 Å². The van der Waals surface area contributed by atoms with Gasteiger partial charge >= 0.3 is 0 Å². The highest BCUT2D eigenvalue weighted by Gasteiger charge is 2.25. The Morgan fingerprint density at radius 1 is 1.29 bits per heavy atom. The van der Waals surface area contributed by atoms with Crippen LogP contribution in [0, 0.1) is 5.92 Å². The van der Waals surface area contributed by atoms with Crippen LogP contribution in [-0.4, -0.2) is 16.5 Å². The highest BCUT2D eigenvalue weighted by Crippen LogP contribution is 2.37. The normalized spacial score (nSPS) is 22.6. The Kier molecular flexibility index (Phi) is 6.03. The molecule has 0 bridgehead atoms. The minimum absolute atomic E-state index is 0.407. The van der Waals surface area contributed by atoms with Crippen LogP contribution in [0.4, 0.5) is 5.82 Å². The summed E-state index contributed by atoms with van der Waals surface area (Å²) in [6.45, 7) is 9.88. The standard InChI is InChI=1S/C17H28BrN3/c1-5-9-19-17-14(18)15(11(2)3)20-16(21-17)13-8-6-7-12(4)10-13/h11-13H,5-10H2,1-4H3,(H,19,20,21). The molecule has 2 atom stereocenters. The summed E-state index contributed by atoms with van der Waals surface area (Å²) in [6.07, 6.45) is 6.22. The SMILES string of the molecule is CCCNc1nc(C2CCCC(C)C2)nc(C(C)C)c1Br. The minimum Gasteiger partial charge on any atom is -0.369 e. The average Bonchev–Trinajstić information content (AvgIpc) is 2.46. The maximum absolute atomic E-state index is 4.90. The van der Waals surface area contributed by atoms with E-state index in [1.165, 1.54) is 25.7 Å². The van der Waals surface area contributed by atoms with E-state index in [0.717, 1.165) is 40.7 Å². The number of aromatic nitrogens is 2. The summed E-state index contributed by atoms with van der Waals surface area (Å²) in [5, 5.41) is 3.45. The van der Waals surface area contributed by atoms with E-state index in [0.29, 0.717) is 11.8 Å². The van der Waals surface area contributed by atoms with Crippen molar-refractivity contribution in [3.63, 3.8) is 0 Å². The number of anilines is 1. The zero-order valence-electron chi connectivity index (χ0n) is 13.7. The summed E-state index contributed by atoms with van der Waals surface area (Å²) in [5.41, 5.74) is 1.14. The molecule has 3 nitrogen and oxygen atoms in total. The zero-order valence-corrected chi connectivity index (χ0v) is 15.3. The summed E-state index contributed by atoms with van der Waals surface area (Å²) >= 11 is 3.69. The molecule has 0 amide bonds. The van der Waals surface area contributed by atoms with Gasteiger partial charge in [0.2, 0.25) is 0 Å². The third-order valence-corrected chi connectivity index (χ3v) is 5.07. The van der Waals surface area contributed by atoms with Gasteiger partial charge in [-0.25, -0.2) is 9.97 Å².